The standard InChI is InChI=1S/C58H56N4S4/c1-59-51-33-19-21-35-53(51)65-55(59)39-43-41-57(61(45-25-11-9-12-26-45)49-31-17-15-29-47(43)49)63-37-23-7-5-3-4-6-8-24-38-64-58-42-44(40-56-60(2)52-34-20-22-36-54(52)66-56)48-30-16-18-32-50(48)62(58)46-27-13-10-14-28-46/h9-22,25-36,39-42H,3-8,23-24,37-38H2,1-2H3/q+2. The molecule has 0 amide bonds. The van der Waals surface area contributed by atoms with E-state index in [1.54, 1.807) is 0 Å². The number of aromatic nitrogens is 2. The van der Waals surface area contributed by atoms with Gasteiger partial charge in [0.1, 0.15) is 0 Å². The molecule has 2 aliphatic heterocycles. The maximum absolute atomic E-state index is 2.46. The lowest BCUT2D eigenvalue weighted by Crippen LogP contribution is -2.34. The van der Waals surface area contributed by atoms with Crippen LogP contribution in [-0.2, 0) is 0 Å². The zero-order valence-corrected chi connectivity index (χ0v) is 41.1. The van der Waals surface area contributed by atoms with Gasteiger partial charge in [-0.15, -0.1) is 9.13 Å². The van der Waals surface area contributed by atoms with Gasteiger partial charge in [-0.1, -0.05) is 171 Å². The van der Waals surface area contributed by atoms with Gasteiger partial charge < -0.3 is 9.80 Å². The predicted molar refractivity (Wildman–Crippen MR) is 287 cm³/mol. The highest BCUT2D eigenvalue weighted by Crippen LogP contribution is 2.47. The van der Waals surface area contributed by atoms with Crippen LogP contribution in [0, 0.1) is 0 Å². The van der Waals surface area contributed by atoms with Crippen LogP contribution in [0.5, 0.6) is 0 Å². The molecule has 66 heavy (non-hydrogen) atoms. The number of nitrogens with zero attached hydrogens (tertiary/aromatic N) is 4. The fourth-order valence-corrected chi connectivity index (χ4v) is 13.5. The van der Waals surface area contributed by atoms with Crippen molar-refractivity contribution in [3.05, 3.63) is 191 Å². The molecule has 330 valence electrons. The molecule has 0 aliphatic carbocycles. The van der Waals surface area contributed by atoms with E-state index in [2.05, 4.69) is 215 Å². The van der Waals surface area contributed by atoms with Crippen molar-refractivity contribution < 1.29 is 9.13 Å². The Bertz CT molecular complexity index is 2830. The monoisotopic (exact) mass is 936 g/mol. The molecule has 0 bridgehead atoms. The second-order valence-electron chi connectivity index (χ2n) is 17.0. The molecule has 0 spiro atoms. The molecule has 0 N–H and O–H groups in total. The van der Waals surface area contributed by atoms with Gasteiger partial charge in [-0.2, -0.15) is 0 Å². The van der Waals surface area contributed by atoms with Crippen molar-refractivity contribution >= 4 is 92.4 Å². The van der Waals surface area contributed by atoms with Crippen LogP contribution in [0.2, 0.25) is 0 Å². The minimum Gasteiger partial charge on any atom is -0.338 e. The molecule has 2 aromatic heterocycles. The number of rotatable bonds is 17. The van der Waals surface area contributed by atoms with Gasteiger partial charge in [-0.3, -0.25) is 0 Å². The number of para-hydroxylation sites is 6. The maximum atomic E-state index is 2.46. The lowest BCUT2D eigenvalue weighted by Gasteiger charge is -2.14. The van der Waals surface area contributed by atoms with Crippen LogP contribution in [0.1, 0.15) is 62.5 Å². The average molecular weight is 937 g/mol. The second-order valence-corrected chi connectivity index (χ2v) is 21.4. The summed E-state index contributed by atoms with van der Waals surface area (Å²) in [5.74, 6) is 2.22. The van der Waals surface area contributed by atoms with Crippen LogP contribution in [-0.4, -0.2) is 25.6 Å². The van der Waals surface area contributed by atoms with Crippen molar-refractivity contribution in [3.63, 3.8) is 0 Å². The summed E-state index contributed by atoms with van der Waals surface area (Å²) >= 11 is 7.72. The fraction of sp³-hybridized carbons (Fsp3) is 0.207. The van der Waals surface area contributed by atoms with Crippen LogP contribution in [0.4, 0.5) is 11.4 Å². The third-order valence-electron chi connectivity index (χ3n) is 12.6. The molecule has 0 saturated carbocycles. The number of hydrogen-bond acceptors (Lipinski definition) is 6. The number of fused-ring (bicyclic) bond motifs is 4. The van der Waals surface area contributed by atoms with Crippen LogP contribution in [0.25, 0.3) is 45.3 Å². The Morgan fingerprint density at radius 3 is 1.21 bits per heavy atom. The second kappa shape index (κ2) is 21.1. The highest BCUT2D eigenvalue weighted by Gasteiger charge is 2.27. The SMILES string of the molecule is CN1/C(=C\c2cc(SCCCCCCCCCCSc3cc(/C=C4/Sc5ccccc5N4C)c4ccccc4[n+]3-c3ccccc3)[n+](-c3ccccc3)c3ccccc23)Sc2ccccc21. The van der Waals surface area contributed by atoms with Gasteiger partial charge in [0.15, 0.2) is 0 Å². The molecule has 2 aliphatic rings. The Hall–Kier alpha value is -5.38. The summed E-state index contributed by atoms with van der Waals surface area (Å²) in [6.07, 6.45) is 15.0. The molecule has 8 aromatic rings. The van der Waals surface area contributed by atoms with E-state index in [0.29, 0.717) is 0 Å². The van der Waals surface area contributed by atoms with Crippen molar-refractivity contribution in [1.29, 1.82) is 0 Å². The van der Waals surface area contributed by atoms with Gasteiger partial charge in [0.05, 0.1) is 32.2 Å². The molecule has 0 fully saturated rings. The number of anilines is 2. The van der Waals surface area contributed by atoms with Crippen molar-refractivity contribution in [2.24, 2.45) is 0 Å². The highest BCUT2D eigenvalue weighted by atomic mass is 32.2. The van der Waals surface area contributed by atoms with Gasteiger partial charge in [-0.05, 0) is 72.5 Å². The lowest BCUT2D eigenvalue weighted by molar-refractivity contribution is -0.608. The van der Waals surface area contributed by atoms with Crippen LogP contribution >= 0.6 is 47.0 Å². The summed E-state index contributed by atoms with van der Waals surface area (Å²) in [6.45, 7) is 0. The Balaban J connectivity index is 0.742. The first-order valence-corrected chi connectivity index (χ1v) is 27.0. The van der Waals surface area contributed by atoms with Gasteiger partial charge in [0, 0.05) is 83.9 Å². The summed E-state index contributed by atoms with van der Waals surface area (Å²) in [6, 6.07) is 61.8. The van der Waals surface area contributed by atoms with Gasteiger partial charge in [-0.25, -0.2) is 0 Å². The molecule has 6 aromatic carbocycles. The van der Waals surface area contributed by atoms with E-state index in [1.165, 1.54) is 137 Å². The van der Waals surface area contributed by atoms with Gasteiger partial charge in [0.2, 0.25) is 32.5 Å². The quantitative estimate of drug-likeness (QED) is 0.0509. The Morgan fingerprint density at radius 2 is 0.788 bits per heavy atom. The third-order valence-corrected chi connectivity index (χ3v) is 17.1. The van der Waals surface area contributed by atoms with Crippen molar-refractivity contribution in [3.8, 4) is 11.4 Å². The molecule has 0 saturated heterocycles. The van der Waals surface area contributed by atoms with Gasteiger partial charge in [0.25, 0.3) is 0 Å². The molecule has 0 atom stereocenters. The fourth-order valence-electron chi connectivity index (χ4n) is 9.13. The topological polar surface area (TPSA) is 14.2 Å². The summed E-state index contributed by atoms with van der Waals surface area (Å²) in [4.78, 5) is 7.29. The number of benzene rings is 6. The van der Waals surface area contributed by atoms with Crippen molar-refractivity contribution in [2.75, 3.05) is 35.4 Å². The first kappa shape index (κ1) is 44.5. The summed E-state index contributed by atoms with van der Waals surface area (Å²) in [5.41, 5.74) is 10.0. The van der Waals surface area contributed by atoms with Crippen LogP contribution < -0.4 is 18.9 Å². The molecule has 10 rings (SSSR count). The third kappa shape index (κ3) is 9.70. The predicted octanol–water partition coefficient (Wildman–Crippen LogP) is 15.6. The molecular weight excluding hydrogens is 881 g/mol. The minimum atomic E-state index is 1.11. The minimum absolute atomic E-state index is 1.11. The average Bonchev–Trinajstić information content (AvgIpc) is 3.85. The van der Waals surface area contributed by atoms with E-state index in [-0.39, 0.29) is 0 Å². The lowest BCUT2D eigenvalue weighted by atomic mass is 10.1. The van der Waals surface area contributed by atoms with E-state index in [9.17, 15) is 0 Å². The van der Waals surface area contributed by atoms with E-state index in [1.807, 2.05) is 47.0 Å². The number of thioether (sulfide) groups is 4. The highest BCUT2D eigenvalue weighted by molar-refractivity contribution is 8.04. The zero-order chi connectivity index (χ0) is 44.7. The van der Waals surface area contributed by atoms with Crippen molar-refractivity contribution in [2.45, 2.75) is 71.2 Å². The number of unbranched alkanes of at least 4 members (excludes halogenated alkanes) is 7. The molecule has 8 heteroatoms. The van der Waals surface area contributed by atoms with E-state index in [0.717, 1.165) is 11.5 Å². The summed E-state index contributed by atoms with van der Waals surface area (Å²) < 4.78 is 4.93. The van der Waals surface area contributed by atoms with Crippen LogP contribution in [0.15, 0.2) is 200 Å². The summed E-state index contributed by atoms with van der Waals surface area (Å²) in [7, 11) is 4.37. The normalized spacial score (nSPS) is 14.5. The zero-order valence-electron chi connectivity index (χ0n) is 37.8. The van der Waals surface area contributed by atoms with E-state index in [4.69, 9.17) is 0 Å². The first-order valence-electron chi connectivity index (χ1n) is 23.4. The Kier molecular flexibility index (Phi) is 14.2. The summed E-state index contributed by atoms with van der Waals surface area (Å²) in [5, 5.41) is 7.65. The number of hydrogen-bond donors (Lipinski definition) is 0. The molecule has 4 heterocycles. The van der Waals surface area contributed by atoms with E-state index < -0.39 is 0 Å². The van der Waals surface area contributed by atoms with Crippen molar-refractivity contribution in [1.82, 2.24) is 0 Å². The Morgan fingerprint density at radius 1 is 0.424 bits per heavy atom. The molecular formula is C58H56N4S4+2. The van der Waals surface area contributed by atoms with E-state index >= 15 is 0 Å². The molecule has 4 nitrogen and oxygen atoms in total. The Labute approximate surface area is 407 Å². The first-order chi connectivity index (χ1) is 32.6. The largest absolute Gasteiger partial charge is 0.338 e. The van der Waals surface area contributed by atoms with Crippen LogP contribution in [0.3, 0.4) is 0 Å². The van der Waals surface area contributed by atoms with Gasteiger partial charge >= 0.3 is 0 Å². The number of pyridine rings is 2. The maximum Gasteiger partial charge on any atom is 0.247 e. The molecule has 0 unspecified atom stereocenters. The molecule has 0 radical (unpaired) electrons. The smallest absolute Gasteiger partial charge is 0.247 e.